The van der Waals surface area contributed by atoms with E-state index in [0.29, 0.717) is 23.7 Å². The molecule has 1 aromatic carbocycles. The Bertz CT molecular complexity index is 832. The maximum atomic E-state index is 12.9. The number of pyridine rings is 1. The molecule has 3 amide bonds. The summed E-state index contributed by atoms with van der Waals surface area (Å²) >= 11 is 0. The number of carbonyl (C=O) groups excluding carboxylic acids is 2. The third kappa shape index (κ3) is 4.55. The van der Waals surface area contributed by atoms with Crippen molar-refractivity contribution in [3.63, 3.8) is 0 Å². The van der Waals surface area contributed by atoms with E-state index in [1.807, 2.05) is 24.0 Å². The molecule has 7 nitrogen and oxygen atoms in total. The summed E-state index contributed by atoms with van der Waals surface area (Å²) < 4.78 is 5.08. The van der Waals surface area contributed by atoms with Crippen molar-refractivity contribution >= 4 is 17.6 Å². The van der Waals surface area contributed by atoms with E-state index in [1.165, 1.54) is 0 Å². The number of likely N-dealkylation sites (tertiary alicyclic amines) is 1. The summed E-state index contributed by atoms with van der Waals surface area (Å²) in [6, 6.07) is 8.67. The Kier molecular flexibility index (Phi) is 5.90. The molecule has 1 saturated heterocycles. The minimum atomic E-state index is -0.369. The first-order valence-corrected chi connectivity index (χ1v) is 9.01. The third-order valence-electron chi connectivity index (χ3n) is 4.59. The van der Waals surface area contributed by atoms with Crippen molar-refractivity contribution in [2.45, 2.75) is 26.3 Å². The normalized spacial score (nSPS) is 13.3. The monoisotopic (exact) mass is 368 g/mol. The van der Waals surface area contributed by atoms with Crippen molar-refractivity contribution in [1.82, 2.24) is 15.2 Å². The number of nitrogens with one attached hydrogen (secondary N) is 2. The van der Waals surface area contributed by atoms with Gasteiger partial charge in [0.05, 0.1) is 18.4 Å². The van der Waals surface area contributed by atoms with E-state index in [1.54, 1.807) is 31.5 Å². The van der Waals surface area contributed by atoms with Crippen LogP contribution >= 0.6 is 0 Å². The predicted molar refractivity (Wildman–Crippen MR) is 103 cm³/mol. The Labute approximate surface area is 158 Å². The summed E-state index contributed by atoms with van der Waals surface area (Å²) in [6.07, 6.45) is 3.67. The van der Waals surface area contributed by atoms with Crippen LogP contribution < -0.4 is 15.4 Å². The van der Waals surface area contributed by atoms with Gasteiger partial charge in [-0.25, -0.2) is 9.78 Å². The lowest BCUT2D eigenvalue weighted by Crippen LogP contribution is -2.32. The topological polar surface area (TPSA) is 83.6 Å². The van der Waals surface area contributed by atoms with E-state index in [4.69, 9.17) is 4.74 Å². The molecule has 1 aliphatic heterocycles. The maximum absolute atomic E-state index is 12.9. The Balaban J connectivity index is 1.68. The second kappa shape index (κ2) is 8.53. The van der Waals surface area contributed by atoms with E-state index in [-0.39, 0.29) is 11.9 Å². The van der Waals surface area contributed by atoms with Gasteiger partial charge in [-0.15, -0.1) is 0 Å². The predicted octanol–water partition coefficient (Wildman–Crippen LogP) is 2.96. The zero-order valence-electron chi connectivity index (χ0n) is 15.6. The van der Waals surface area contributed by atoms with Gasteiger partial charge in [0.2, 0.25) is 5.88 Å². The van der Waals surface area contributed by atoms with E-state index in [0.717, 1.165) is 37.1 Å². The summed E-state index contributed by atoms with van der Waals surface area (Å²) in [7, 11) is 1.54. The lowest BCUT2D eigenvalue weighted by molar-refractivity contribution is 0.0793. The zero-order valence-corrected chi connectivity index (χ0v) is 15.6. The van der Waals surface area contributed by atoms with Crippen LogP contribution in [0.15, 0.2) is 36.5 Å². The van der Waals surface area contributed by atoms with E-state index in [2.05, 4.69) is 15.6 Å². The number of amides is 3. The molecule has 0 aliphatic carbocycles. The summed E-state index contributed by atoms with van der Waals surface area (Å²) in [6.45, 7) is 3.74. The number of aryl methyl sites for hydroxylation is 1. The smallest absolute Gasteiger partial charge is 0.319 e. The number of carbonyl (C=O) groups is 2. The number of aromatic nitrogens is 1. The number of rotatable bonds is 5. The molecular weight excluding hydrogens is 344 g/mol. The molecule has 0 atom stereocenters. The first-order valence-electron chi connectivity index (χ1n) is 9.01. The van der Waals surface area contributed by atoms with Crippen molar-refractivity contribution in [3.05, 3.63) is 53.2 Å². The molecule has 2 heterocycles. The van der Waals surface area contributed by atoms with Gasteiger partial charge in [0.1, 0.15) is 0 Å². The van der Waals surface area contributed by atoms with Gasteiger partial charge in [-0.05, 0) is 43.0 Å². The van der Waals surface area contributed by atoms with Crippen LogP contribution in [-0.4, -0.2) is 42.0 Å². The molecule has 0 saturated carbocycles. The largest absolute Gasteiger partial charge is 0.481 e. The van der Waals surface area contributed by atoms with Crippen LogP contribution in [0.5, 0.6) is 5.88 Å². The van der Waals surface area contributed by atoms with Crippen LogP contribution in [-0.2, 0) is 6.54 Å². The molecule has 27 heavy (non-hydrogen) atoms. The number of benzene rings is 1. The highest BCUT2D eigenvalue weighted by Crippen LogP contribution is 2.23. The maximum Gasteiger partial charge on any atom is 0.319 e. The molecule has 1 aromatic heterocycles. The molecule has 0 spiro atoms. The second-order valence-electron chi connectivity index (χ2n) is 6.51. The Hall–Kier alpha value is -3.09. The molecule has 2 N–H and O–H groups in total. The van der Waals surface area contributed by atoms with Crippen molar-refractivity contribution in [2.75, 3.05) is 25.5 Å². The standard InChI is InChI=1S/C20H24N4O3/c1-14-6-5-7-16(18(14)19(25)24-10-3-4-11-24)23-20(26)22-13-15-8-9-21-17(12-15)27-2/h5-9,12H,3-4,10-11,13H2,1-2H3,(H2,22,23,26). The molecule has 0 bridgehead atoms. The lowest BCUT2D eigenvalue weighted by atomic mass is 10.1. The number of nitrogens with zero attached hydrogens (tertiary/aromatic N) is 2. The van der Waals surface area contributed by atoms with Gasteiger partial charge < -0.3 is 20.3 Å². The SMILES string of the molecule is COc1cc(CNC(=O)Nc2cccc(C)c2C(=O)N2CCCC2)ccn1. The lowest BCUT2D eigenvalue weighted by Gasteiger charge is -2.20. The average Bonchev–Trinajstić information content (AvgIpc) is 3.21. The highest BCUT2D eigenvalue weighted by atomic mass is 16.5. The molecule has 0 unspecified atom stereocenters. The van der Waals surface area contributed by atoms with E-state index >= 15 is 0 Å². The molecule has 142 valence electrons. The van der Waals surface area contributed by atoms with Crippen molar-refractivity contribution in [2.24, 2.45) is 0 Å². The van der Waals surface area contributed by atoms with Crippen LogP contribution in [0.4, 0.5) is 10.5 Å². The van der Waals surface area contributed by atoms with Gasteiger partial charge >= 0.3 is 6.03 Å². The highest BCUT2D eigenvalue weighted by molar-refractivity contribution is 6.04. The second-order valence-corrected chi connectivity index (χ2v) is 6.51. The highest BCUT2D eigenvalue weighted by Gasteiger charge is 2.24. The van der Waals surface area contributed by atoms with Crippen molar-refractivity contribution in [1.29, 1.82) is 0 Å². The molecule has 3 rings (SSSR count). The minimum absolute atomic E-state index is 0.0280. The van der Waals surface area contributed by atoms with E-state index in [9.17, 15) is 9.59 Å². The molecule has 1 aliphatic rings. The number of hydrogen-bond donors (Lipinski definition) is 2. The quantitative estimate of drug-likeness (QED) is 0.850. The van der Waals surface area contributed by atoms with Crippen molar-refractivity contribution in [3.8, 4) is 5.88 Å². The van der Waals surface area contributed by atoms with Gasteiger partial charge in [-0.2, -0.15) is 0 Å². The fourth-order valence-corrected chi connectivity index (χ4v) is 3.16. The van der Waals surface area contributed by atoms with Crippen molar-refractivity contribution < 1.29 is 14.3 Å². The Morgan fingerprint density at radius 2 is 2.00 bits per heavy atom. The van der Waals surface area contributed by atoms with Gasteiger partial charge in [0.15, 0.2) is 0 Å². The van der Waals surface area contributed by atoms with Gasteiger partial charge in [-0.1, -0.05) is 12.1 Å². The summed E-state index contributed by atoms with van der Waals surface area (Å²) in [5.74, 6) is 0.464. The summed E-state index contributed by atoms with van der Waals surface area (Å²) in [4.78, 5) is 31.1. The fourth-order valence-electron chi connectivity index (χ4n) is 3.16. The zero-order chi connectivity index (χ0) is 19.2. The number of ether oxygens (including phenoxy) is 1. The minimum Gasteiger partial charge on any atom is -0.481 e. The van der Waals surface area contributed by atoms with Crippen LogP contribution in [0, 0.1) is 6.92 Å². The number of urea groups is 1. The van der Waals surface area contributed by atoms with E-state index < -0.39 is 0 Å². The third-order valence-corrected chi connectivity index (χ3v) is 4.59. The van der Waals surface area contributed by atoms with Crippen LogP contribution in [0.1, 0.15) is 34.3 Å². The first kappa shape index (κ1) is 18.7. The average molecular weight is 368 g/mol. The van der Waals surface area contributed by atoms with Gasteiger partial charge in [0.25, 0.3) is 5.91 Å². The Morgan fingerprint density at radius 1 is 1.22 bits per heavy atom. The van der Waals surface area contributed by atoms with Gasteiger partial charge in [-0.3, -0.25) is 4.79 Å². The molecule has 2 aromatic rings. The molecule has 1 fully saturated rings. The molecule has 7 heteroatoms. The van der Waals surface area contributed by atoms with Crippen LogP contribution in [0.3, 0.4) is 0 Å². The number of hydrogen-bond acceptors (Lipinski definition) is 4. The Morgan fingerprint density at radius 3 is 2.74 bits per heavy atom. The van der Waals surface area contributed by atoms with Crippen LogP contribution in [0.2, 0.25) is 0 Å². The van der Waals surface area contributed by atoms with Gasteiger partial charge in [0, 0.05) is 31.9 Å². The first-order chi connectivity index (χ1) is 13.1. The molecular formula is C20H24N4O3. The summed E-state index contributed by atoms with van der Waals surface area (Å²) in [5, 5.41) is 5.61. The fraction of sp³-hybridized carbons (Fsp3) is 0.350. The number of methoxy groups -OCH3 is 1. The van der Waals surface area contributed by atoms with Crippen LogP contribution in [0.25, 0.3) is 0 Å². The summed E-state index contributed by atoms with van der Waals surface area (Å²) in [5.41, 5.74) is 2.80. The number of anilines is 1. The molecule has 0 radical (unpaired) electrons.